The Labute approximate surface area is 60.4 Å². The Bertz CT molecular complexity index is 159. The second kappa shape index (κ2) is 3.85. The van der Waals surface area contributed by atoms with Crippen molar-refractivity contribution >= 4 is 5.91 Å². The smallest absolute Gasteiger partial charge is 0.251 e. The molecule has 0 heterocycles. The summed E-state index contributed by atoms with van der Waals surface area (Å²) in [4.78, 5) is 10.8. The van der Waals surface area contributed by atoms with Crippen molar-refractivity contribution in [1.82, 2.24) is 10.4 Å². The third-order valence-corrected chi connectivity index (χ3v) is 0.921. The molecule has 0 rings (SSSR count). The van der Waals surface area contributed by atoms with E-state index in [2.05, 4.69) is 5.43 Å². The maximum atomic E-state index is 10.8. The van der Waals surface area contributed by atoms with Crippen molar-refractivity contribution in [2.24, 2.45) is 5.92 Å². The highest BCUT2D eigenvalue weighted by molar-refractivity contribution is 5.80. The van der Waals surface area contributed by atoms with Crippen molar-refractivity contribution in [3.05, 3.63) is 0 Å². The zero-order chi connectivity index (χ0) is 8.15. The molecule has 4 heteroatoms. The molecule has 0 bridgehead atoms. The first kappa shape index (κ1) is 8.92. The number of hydrazine groups is 1. The van der Waals surface area contributed by atoms with Crippen LogP contribution in [0.5, 0.6) is 0 Å². The van der Waals surface area contributed by atoms with E-state index in [-0.39, 0.29) is 5.91 Å². The molecular weight excluding hydrogens is 130 g/mol. The summed E-state index contributed by atoms with van der Waals surface area (Å²) in [5.74, 6) is -0.852. The van der Waals surface area contributed by atoms with E-state index in [0.717, 1.165) is 0 Å². The lowest BCUT2D eigenvalue weighted by molar-refractivity contribution is -0.126. The van der Waals surface area contributed by atoms with E-state index in [1.165, 1.54) is 5.01 Å². The van der Waals surface area contributed by atoms with Crippen LogP contribution in [-0.4, -0.2) is 25.0 Å². The van der Waals surface area contributed by atoms with Crippen LogP contribution in [0.25, 0.3) is 0 Å². The van der Waals surface area contributed by atoms with Crippen molar-refractivity contribution in [2.75, 3.05) is 14.1 Å². The van der Waals surface area contributed by atoms with Crippen LogP contribution in [0.3, 0.4) is 0 Å². The Balaban J connectivity index is 3.76. The van der Waals surface area contributed by atoms with E-state index >= 15 is 0 Å². The van der Waals surface area contributed by atoms with Gasteiger partial charge in [0, 0.05) is 14.1 Å². The number of carbonyl (C=O) groups excluding carboxylic acids is 1. The number of carbonyl (C=O) groups is 1. The summed E-state index contributed by atoms with van der Waals surface area (Å²) in [7, 11) is 3.39. The maximum Gasteiger partial charge on any atom is 0.251 e. The fraction of sp³-hybridized carbons (Fsp3) is 0.667. The minimum atomic E-state index is -0.581. The molecule has 0 aliphatic heterocycles. The summed E-state index contributed by atoms with van der Waals surface area (Å²) in [6.07, 6.45) is 0. The highest BCUT2D eigenvalue weighted by atomic mass is 16.2. The van der Waals surface area contributed by atoms with Crippen molar-refractivity contribution in [3.8, 4) is 6.07 Å². The third kappa shape index (κ3) is 3.05. The van der Waals surface area contributed by atoms with E-state index in [1.54, 1.807) is 21.0 Å². The highest BCUT2D eigenvalue weighted by Crippen LogP contribution is 1.89. The molecule has 0 saturated heterocycles. The van der Waals surface area contributed by atoms with E-state index < -0.39 is 5.92 Å². The molecule has 56 valence electrons. The van der Waals surface area contributed by atoms with Gasteiger partial charge in [0.1, 0.15) is 5.92 Å². The quantitative estimate of drug-likeness (QED) is 0.539. The summed E-state index contributed by atoms with van der Waals surface area (Å²) in [5.41, 5.74) is 2.47. The van der Waals surface area contributed by atoms with Gasteiger partial charge in [0.2, 0.25) is 0 Å². The number of nitriles is 1. The van der Waals surface area contributed by atoms with Crippen LogP contribution in [0.4, 0.5) is 0 Å². The molecule has 0 spiro atoms. The topological polar surface area (TPSA) is 56.1 Å². The van der Waals surface area contributed by atoms with Crippen molar-refractivity contribution in [2.45, 2.75) is 6.92 Å². The zero-order valence-corrected chi connectivity index (χ0v) is 6.38. The molecule has 1 amide bonds. The molecule has 0 saturated carbocycles. The van der Waals surface area contributed by atoms with Crippen molar-refractivity contribution in [3.63, 3.8) is 0 Å². The standard InChI is InChI=1S/C6H11N3O/c1-5(4-7)6(10)8-9(2)3/h5H,1-3H3,(H,8,10). The normalized spacial score (nSPS) is 12.3. The Morgan fingerprint density at radius 3 is 2.50 bits per heavy atom. The molecule has 1 atom stereocenters. The van der Waals surface area contributed by atoms with Crippen LogP contribution in [-0.2, 0) is 4.79 Å². The molecule has 0 aromatic carbocycles. The van der Waals surface area contributed by atoms with Gasteiger partial charge in [0.05, 0.1) is 6.07 Å². The van der Waals surface area contributed by atoms with E-state index in [4.69, 9.17) is 5.26 Å². The second-order valence-electron chi connectivity index (χ2n) is 2.22. The van der Waals surface area contributed by atoms with Gasteiger partial charge in [0.15, 0.2) is 0 Å². The minimum Gasteiger partial charge on any atom is -0.288 e. The van der Waals surface area contributed by atoms with Gasteiger partial charge in [0.25, 0.3) is 5.91 Å². The van der Waals surface area contributed by atoms with E-state index in [1.807, 2.05) is 6.07 Å². The summed E-state index contributed by atoms with van der Waals surface area (Å²) in [5, 5.41) is 9.80. The molecule has 0 aromatic heterocycles. The molecule has 0 radical (unpaired) electrons. The lowest BCUT2D eigenvalue weighted by atomic mass is 10.2. The first-order valence-electron chi connectivity index (χ1n) is 2.95. The molecule has 1 N–H and O–H groups in total. The van der Waals surface area contributed by atoms with Gasteiger partial charge in [-0.05, 0) is 6.92 Å². The van der Waals surface area contributed by atoms with Gasteiger partial charge in [-0.1, -0.05) is 0 Å². The molecular formula is C6H11N3O. The number of hydrogen-bond acceptors (Lipinski definition) is 3. The van der Waals surface area contributed by atoms with Gasteiger partial charge in [-0.25, -0.2) is 5.01 Å². The molecule has 0 aromatic rings. The summed E-state index contributed by atoms with van der Waals surface area (Å²) >= 11 is 0. The molecule has 4 nitrogen and oxygen atoms in total. The Hall–Kier alpha value is -1.08. The van der Waals surface area contributed by atoms with Crippen molar-refractivity contribution < 1.29 is 4.79 Å². The molecule has 0 aliphatic carbocycles. The maximum absolute atomic E-state index is 10.8. The average Bonchev–Trinajstić information content (AvgIpc) is 1.85. The average molecular weight is 141 g/mol. The number of nitrogens with zero attached hydrogens (tertiary/aromatic N) is 2. The number of rotatable bonds is 2. The molecule has 10 heavy (non-hydrogen) atoms. The lowest BCUT2D eigenvalue weighted by Gasteiger charge is -2.11. The first-order chi connectivity index (χ1) is 4.57. The van der Waals surface area contributed by atoms with Crippen LogP contribution in [0.15, 0.2) is 0 Å². The van der Waals surface area contributed by atoms with Crippen LogP contribution in [0, 0.1) is 17.2 Å². The molecule has 0 fully saturated rings. The van der Waals surface area contributed by atoms with Crippen LogP contribution in [0.1, 0.15) is 6.92 Å². The van der Waals surface area contributed by atoms with Gasteiger partial charge in [-0.3, -0.25) is 10.2 Å². The lowest BCUT2D eigenvalue weighted by Crippen LogP contribution is -2.39. The minimum absolute atomic E-state index is 0.271. The number of amides is 1. The van der Waals surface area contributed by atoms with Crippen LogP contribution < -0.4 is 5.43 Å². The Kier molecular flexibility index (Phi) is 3.44. The number of hydrogen-bond donors (Lipinski definition) is 1. The van der Waals surface area contributed by atoms with Gasteiger partial charge < -0.3 is 0 Å². The largest absolute Gasteiger partial charge is 0.288 e. The third-order valence-electron chi connectivity index (χ3n) is 0.921. The fourth-order valence-electron chi connectivity index (χ4n) is 0.376. The summed E-state index contributed by atoms with van der Waals surface area (Å²) < 4.78 is 0. The first-order valence-corrected chi connectivity index (χ1v) is 2.95. The highest BCUT2D eigenvalue weighted by Gasteiger charge is 2.10. The predicted molar refractivity (Wildman–Crippen MR) is 36.6 cm³/mol. The summed E-state index contributed by atoms with van der Waals surface area (Å²) in [6, 6.07) is 1.83. The van der Waals surface area contributed by atoms with Crippen LogP contribution >= 0.6 is 0 Å². The second-order valence-corrected chi connectivity index (χ2v) is 2.22. The SMILES string of the molecule is CC(C#N)C(=O)NN(C)C. The zero-order valence-electron chi connectivity index (χ0n) is 6.38. The summed E-state index contributed by atoms with van der Waals surface area (Å²) in [6.45, 7) is 1.55. The van der Waals surface area contributed by atoms with Gasteiger partial charge in [-0.2, -0.15) is 5.26 Å². The van der Waals surface area contributed by atoms with E-state index in [0.29, 0.717) is 0 Å². The number of nitrogens with one attached hydrogen (secondary N) is 1. The van der Waals surface area contributed by atoms with Gasteiger partial charge in [-0.15, -0.1) is 0 Å². The van der Waals surface area contributed by atoms with Crippen molar-refractivity contribution in [1.29, 1.82) is 5.26 Å². The van der Waals surface area contributed by atoms with Gasteiger partial charge >= 0.3 is 0 Å². The predicted octanol–water partition coefficient (Wildman–Crippen LogP) is -0.261. The Morgan fingerprint density at radius 2 is 2.20 bits per heavy atom. The van der Waals surface area contributed by atoms with E-state index in [9.17, 15) is 4.79 Å². The Morgan fingerprint density at radius 1 is 1.70 bits per heavy atom. The molecule has 0 aliphatic rings. The monoisotopic (exact) mass is 141 g/mol. The molecule has 1 unspecified atom stereocenters. The fourth-order valence-corrected chi connectivity index (χ4v) is 0.376. The van der Waals surface area contributed by atoms with Crippen LogP contribution in [0.2, 0.25) is 0 Å².